The molecule has 1 aliphatic rings. The molecule has 29 heavy (non-hydrogen) atoms. The molecule has 1 rings (SSSR count). The van der Waals surface area contributed by atoms with Crippen molar-refractivity contribution in [1.29, 1.82) is 0 Å². The predicted molar refractivity (Wildman–Crippen MR) is 114 cm³/mol. The number of carbonyl (C=O) groups is 2. The molecule has 0 bridgehead atoms. The number of rotatable bonds is 13. The van der Waals surface area contributed by atoms with E-state index in [2.05, 4.69) is 32.6 Å². The second-order valence-electron chi connectivity index (χ2n) is 8.19. The van der Waals surface area contributed by atoms with Crippen LogP contribution in [0.3, 0.4) is 0 Å². The van der Waals surface area contributed by atoms with Crippen molar-refractivity contribution in [2.45, 2.75) is 110 Å². The van der Waals surface area contributed by atoms with Gasteiger partial charge in [0.2, 0.25) is 0 Å². The van der Waals surface area contributed by atoms with Crippen LogP contribution in [0.1, 0.15) is 97.8 Å². The minimum Gasteiger partial charge on any atom is -0.481 e. The van der Waals surface area contributed by atoms with E-state index in [4.69, 9.17) is 5.11 Å². The zero-order valence-electron chi connectivity index (χ0n) is 18.3. The van der Waals surface area contributed by atoms with Crippen LogP contribution in [0, 0.1) is 17.3 Å². The molecule has 0 spiro atoms. The van der Waals surface area contributed by atoms with E-state index in [-0.39, 0.29) is 24.0 Å². The van der Waals surface area contributed by atoms with Crippen molar-refractivity contribution in [3.05, 3.63) is 11.1 Å². The smallest absolute Gasteiger partial charge is 0.303 e. The Kier molecular flexibility index (Phi) is 11.2. The van der Waals surface area contributed by atoms with Gasteiger partial charge in [-0.05, 0) is 38.5 Å². The van der Waals surface area contributed by atoms with Crippen LogP contribution in [0.5, 0.6) is 0 Å². The number of hydrogen-bond donors (Lipinski definition) is 3. The summed E-state index contributed by atoms with van der Waals surface area (Å²) >= 11 is 0. The monoisotopic (exact) mass is 406 g/mol. The van der Waals surface area contributed by atoms with Crippen molar-refractivity contribution < 1.29 is 24.9 Å². The molecule has 0 saturated heterocycles. The van der Waals surface area contributed by atoms with Gasteiger partial charge in [-0.25, -0.2) is 0 Å². The molecule has 0 amide bonds. The fourth-order valence-electron chi connectivity index (χ4n) is 4.07. The molecule has 0 heterocycles. The van der Waals surface area contributed by atoms with E-state index in [0.29, 0.717) is 24.0 Å². The fraction of sp³-hybridized carbons (Fsp3) is 0.750. The van der Waals surface area contributed by atoms with Crippen LogP contribution >= 0.6 is 0 Å². The third-order valence-corrected chi connectivity index (χ3v) is 6.30. The van der Waals surface area contributed by atoms with Crippen molar-refractivity contribution in [1.82, 2.24) is 0 Å². The number of aliphatic hydroxyl groups is 2. The molecule has 2 unspecified atom stereocenters. The number of aliphatic hydroxyl groups excluding tert-OH is 2. The zero-order chi connectivity index (χ0) is 21.9. The van der Waals surface area contributed by atoms with Gasteiger partial charge in [-0.3, -0.25) is 9.59 Å². The van der Waals surface area contributed by atoms with Crippen LogP contribution in [0.2, 0.25) is 0 Å². The first kappa shape index (κ1) is 25.4. The molecule has 5 heteroatoms. The lowest BCUT2D eigenvalue weighted by Gasteiger charge is -2.34. The summed E-state index contributed by atoms with van der Waals surface area (Å²) in [6.45, 7) is 6.29. The molecule has 2 atom stereocenters. The van der Waals surface area contributed by atoms with Crippen LogP contribution < -0.4 is 0 Å². The van der Waals surface area contributed by atoms with Gasteiger partial charge in [0.1, 0.15) is 6.10 Å². The lowest BCUT2D eigenvalue weighted by molar-refractivity contribution is -0.137. The molecule has 3 N–H and O–H groups in total. The quantitative estimate of drug-likeness (QED) is 0.311. The third kappa shape index (κ3) is 7.60. The van der Waals surface area contributed by atoms with Gasteiger partial charge >= 0.3 is 5.97 Å². The number of carbonyl (C=O) groups excluding carboxylic acids is 1. The molecule has 164 valence electrons. The largest absolute Gasteiger partial charge is 0.481 e. The Morgan fingerprint density at radius 2 is 1.79 bits per heavy atom. The Morgan fingerprint density at radius 1 is 1.14 bits per heavy atom. The lowest BCUT2D eigenvalue weighted by atomic mass is 9.73. The van der Waals surface area contributed by atoms with Gasteiger partial charge in [0.05, 0.1) is 6.10 Å². The maximum atomic E-state index is 12.3. The molecule has 0 aromatic rings. The van der Waals surface area contributed by atoms with Crippen molar-refractivity contribution >= 4 is 11.8 Å². The number of carboxylic acids is 1. The van der Waals surface area contributed by atoms with Crippen molar-refractivity contribution in [2.75, 3.05) is 0 Å². The van der Waals surface area contributed by atoms with E-state index in [1.807, 2.05) is 0 Å². The van der Waals surface area contributed by atoms with E-state index < -0.39 is 18.2 Å². The Labute approximate surface area is 175 Å². The van der Waals surface area contributed by atoms with Crippen molar-refractivity contribution in [3.63, 3.8) is 0 Å². The summed E-state index contributed by atoms with van der Waals surface area (Å²) in [7, 11) is 0. The standard InChI is InChI=1S/C24H38O5/c1-4-7-16-24(5-2,6-3)22(27)15-14-19-18(20(25)17-21(19)26)12-10-8-9-11-13-23(28)29/h21-22,26-27H,4-13,16-17H2,1-3H3,(H,28,29). The zero-order valence-corrected chi connectivity index (χ0v) is 18.3. The summed E-state index contributed by atoms with van der Waals surface area (Å²) in [5.41, 5.74) is 0.806. The molecule has 0 radical (unpaired) electrons. The third-order valence-electron chi connectivity index (χ3n) is 6.30. The Bertz CT molecular complexity index is 633. The number of ketones is 1. The van der Waals surface area contributed by atoms with Gasteiger partial charge in [0.15, 0.2) is 5.78 Å². The number of allylic oxidation sites excluding steroid dienone is 1. The van der Waals surface area contributed by atoms with Gasteiger partial charge in [0.25, 0.3) is 0 Å². The molecule has 0 fully saturated rings. The first-order chi connectivity index (χ1) is 13.8. The summed E-state index contributed by atoms with van der Waals surface area (Å²) in [4.78, 5) is 22.8. The number of Topliss-reactive ketones (excluding diaryl/α,β-unsaturated/α-hetero) is 1. The first-order valence-electron chi connectivity index (χ1n) is 11.2. The fourth-order valence-corrected chi connectivity index (χ4v) is 4.07. The molecule has 0 aliphatic heterocycles. The van der Waals surface area contributed by atoms with Gasteiger partial charge in [0, 0.05) is 29.4 Å². The molecule has 5 nitrogen and oxygen atoms in total. The van der Waals surface area contributed by atoms with E-state index in [9.17, 15) is 19.8 Å². The summed E-state index contributed by atoms with van der Waals surface area (Å²) in [6.07, 6.45) is 6.87. The predicted octanol–water partition coefficient (Wildman–Crippen LogP) is 4.40. The number of hydrogen-bond acceptors (Lipinski definition) is 4. The molecule has 0 aromatic carbocycles. The second-order valence-corrected chi connectivity index (χ2v) is 8.19. The lowest BCUT2D eigenvalue weighted by Crippen LogP contribution is -2.33. The SMILES string of the molecule is CCCCC(CC)(CC)C(O)C#CC1=C(CCCCCCC(=O)O)C(=O)CC1O. The van der Waals surface area contributed by atoms with Crippen molar-refractivity contribution in [3.8, 4) is 11.8 Å². The van der Waals surface area contributed by atoms with Crippen LogP contribution in [0.25, 0.3) is 0 Å². The minimum absolute atomic E-state index is 0.0648. The van der Waals surface area contributed by atoms with Crippen LogP contribution in [0.15, 0.2) is 11.1 Å². The highest BCUT2D eigenvalue weighted by Crippen LogP contribution is 2.36. The molecule has 0 aromatic heterocycles. The Balaban J connectivity index is 2.83. The Morgan fingerprint density at radius 3 is 2.38 bits per heavy atom. The molecular formula is C24H38O5. The highest BCUT2D eigenvalue weighted by atomic mass is 16.4. The van der Waals surface area contributed by atoms with E-state index in [1.165, 1.54) is 0 Å². The molecular weight excluding hydrogens is 368 g/mol. The summed E-state index contributed by atoms with van der Waals surface area (Å²) in [6, 6.07) is 0. The van der Waals surface area contributed by atoms with Gasteiger partial charge in [-0.2, -0.15) is 0 Å². The van der Waals surface area contributed by atoms with E-state index >= 15 is 0 Å². The second kappa shape index (κ2) is 12.8. The van der Waals surface area contributed by atoms with E-state index in [0.717, 1.165) is 51.4 Å². The molecule has 1 aliphatic carbocycles. The number of aliphatic carboxylic acids is 1. The van der Waals surface area contributed by atoms with Gasteiger partial charge in [-0.1, -0.05) is 58.3 Å². The van der Waals surface area contributed by atoms with Gasteiger partial charge < -0.3 is 15.3 Å². The van der Waals surface area contributed by atoms with Crippen LogP contribution in [-0.4, -0.2) is 39.3 Å². The average molecular weight is 407 g/mol. The average Bonchev–Trinajstić information content (AvgIpc) is 2.96. The maximum Gasteiger partial charge on any atom is 0.303 e. The molecule has 0 saturated carbocycles. The minimum atomic E-state index is -0.877. The van der Waals surface area contributed by atoms with Crippen LogP contribution in [0.4, 0.5) is 0 Å². The Hall–Kier alpha value is -1.64. The first-order valence-corrected chi connectivity index (χ1v) is 11.2. The maximum absolute atomic E-state index is 12.3. The van der Waals surface area contributed by atoms with Crippen LogP contribution in [-0.2, 0) is 9.59 Å². The summed E-state index contributed by atoms with van der Waals surface area (Å²) in [5.74, 6) is 5.06. The summed E-state index contributed by atoms with van der Waals surface area (Å²) in [5, 5.41) is 29.7. The normalized spacial score (nSPS) is 18.0. The van der Waals surface area contributed by atoms with Gasteiger partial charge in [-0.15, -0.1) is 0 Å². The highest BCUT2D eigenvalue weighted by Gasteiger charge is 2.34. The number of carboxylic acid groups (broad SMARTS) is 1. The summed E-state index contributed by atoms with van der Waals surface area (Å²) < 4.78 is 0. The highest BCUT2D eigenvalue weighted by molar-refractivity contribution is 6.00. The number of unbranched alkanes of at least 4 members (excludes halogenated alkanes) is 4. The topological polar surface area (TPSA) is 94.8 Å². The van der Waals surface area contributed by atoms with Crippen molar-refractivity contribution in [2.24, 2.45) is 5.41 Å². The van der Waals surface area contributed by atoms with E-state index in [1.54, 1.807) is 0 Å².